The molecule has 0 bridgehead atoms. The van der Waals surface area contributed by atoms with Gasteiger partial charge in [0.05, 0.1) is 12.9 Å². The zero-order valence-electron chi connectivity index (χ0n) is 15.2. The van der Waals surface area contributed by atoms with E-state index in [1.54, 1.807) is 11.8 Å². The fourth-order valence-corrected chi connectivity index (χ4v) is 2.89. The van der Waals surface area contributed by atoms with Crippen molar-refractivity contribution >= 4 is 0 Å². The molecule has 0 amide bonds. The van der Waals surface area contributed by atoms with Gasteiger partial charge in [-0.15, -0.1) is 0 Å². The van der Waals surface area contributed by atoms with E-state index in [2.05, 4.69) is 58.1 Å². The van der Waals surface area contributed by atoms with Crippen molar-refractivity contribution in [2.45, 2.75) is 60.8 Å². The van der Waals surface area contributed by atoms with Gasteiger partial charge in [0.25, 0.3) is 0 Å². The van der Waals surface area contributed by atoms with Crippen molar-refractivity contribution in [1.82, 2.24) is 0 Å². The maximum Gasteiger partial charge on any atom is 0.0857 e. The molecular weight excluding hydrogens is 268 g/mol. The molecule has 1 aliphatic carbocycles. The first-order valence-electron chi connectivity index (χ1n) is 8.38. The Kier molecular flexibility index (Phi) is 7.44. The number of allylic oxidation sites excluding steroid dienone is 9. The van der Waals surface area contributed by atoms with Crippen LogP contribution in [-0.4, -0.2) is 6.61 Å². The van der Waals surface area contributed by atoms with E-state index in [9.17, 15) is 0 Å². The third-order valence-corrected chi connectivity index (χ3v) is 4.21. The van der Waals surface area contributed by atoms with Crippen LogP contribution in [0.4, 0.5) is 0 Å². The minimum atomic E-state index is 0.311. The molecule has 0 spiro atoms. The highest BCUT2D eigenvalue weighted by Crippen LogP contribution is 2.40. The molecule has 22 heavy (non-hydrogen) atoms. The zero-order valence-corrected chi connectivity index (χ0v) is 15.2. The van der Waals surface area contributed by atoms with E-state index in [1.807, 2.05) is 13.8 Å². The highest BCUT2D eigenvalue weighted by atomic mass is 16.5. The summed E-state index contributed by atoms with van der Waals surface area (Å²) in [4.78, 5) is 0. The van der Waals surface area contributed by atoms with E-state index < -0.39 is 0 Å². The Hall–Kier alpha value is -1.50. The average Bonchev–Trinajstić information content (AvgIpc) is 2.43. The average molecular weight is 300 g/mol. The number of hydrogen-bond donors (Lipinski definition) is 0. The molecule has 1 nitrogen and oxygen atoms in total. The smallest absolute Gasteiger partial charge is 0.0857 e. The molecule has 1 rings (SSSR count). The first kappa shape index (κ1) is 18.5. The fraction of sp³-hybridized carbons (Fsp3) is 0.524. The zero-order chi connectivity index (χ0) is 16.6. The van der Waals surface area contributed by atoms with Crippen molar-refractivity contribution in [1.29, 1.82) is 0 Å². The van der Waals surface area contributed by atoms with Gasteiger partial charge in [-0.1, -0.05) is 55.4 Å². The van der Waals surface area contributed by atoms with Crippen LogP contribution in [0.25, 0.3) is 0 Å². The van der Waals surface area contributed by atoms with Crippen LogP contribution in [0.5, 0.6) is 0 Å². The molecule has 0 saturated heterocycles. The molecule has 0 atom stereocenters. The molecule has 0 aromatic carbocycles. The Morgan fingerprint density at radius 3 is 2.55 bits per heavy atom. The minimum absolute atomic E-state index is 0.311. The summed E-state index contributed by atoms with van der Waals surface area (Å²) >= 11 is 0. The summed E-state index contributed by atoms with van der Waals surface area (Å²) in [5.74, 6) is 0. The lowest BCUT2D eigenvalue weighted by Gasteiger charge is -2.32. The van der Waals surface area contributed by atoms with E-state index >= 15 is 0 Å². The normalized spacial score (nSPS) is 20.3. The van der Waals surface area contributed by atoms with Crippen LogP contribution in [0, 0.1) is 5.41 Å². The molecule has 0 radical (unpaired) electrons. The highest BCUT2D eigenvalue weighted by molar-refractivity contribution is 5.37. The standard InChI is InChI=1S/C21H32O/c1-7-22-16-18(3)11-8-10-17(2)13-14-20-19(4)12-9-15-21(20,5)6/h8,10-11,13-14,16H,7,9,12,15H2,1-6H3/b11-8+,14-13+,17-10+,18-16+. The van der Waals surface area contributed by atoms with Crippen LogP contribution < -0.4 is 0 Å². The SMILES string of the molecule is CCO/C=C(C)/C=C/C=C(C)/C=C/C1=C(C)CCCC1(C)C. The van der Waals surface area contributed by atoms with E-state index in [0.29, 0.717) is 12.0 Å². The maximum absolute atomic E-state index is 5.26. The third kappa shape index (κ3) is 6.09. The van der Waals surface area contributed by atoms with Gasteiger partial charge >= 0.3 is 0 Å². The van der Waals surface area contributed by atoms with Gasteiger partial charge in [0.1, 0.15) is 0 Å². The monoisotopic (exact) mass is 300 g/mol. The molecule has 1 heteroatoms. The summed E-state index contributed by atoms with van der Waals surface area (Å²) in [7, 11) is 0. The van der Waals surface area contributed by atoms with Gasteiger partial charge in [0, 0.05) is 0 Å². The van der Waals surface area contributed by atoms with Gasteiger partial charge in [0.15, 0.2) is 0 Å². The molecule has 0 aromatic rings. The van der Waals surface area contributed by atoms with Gasteiger partial charge in [0.2, 0.25) is 0 Å². The van der Waals surface area contributed by atoms with Crippen molar-refractivity contribution in [2.75, 3.05) is 6.61 Å². The quantitative estimate of drug-likeness (QED) is 0.401. The fourth-order valence-electron chi connectivity index (χ4n) is 2.89. The van der Waals surface area contributed by atoms with Crippen molar-refractivity contribution < 1.29 is 4.74 Å². The molecule has 0 N–H and O–H groups in total. The molecule has 0 aliphatic heterocycles. The van der Waals surface area contributed by atoms with Gasteiger partial charge in [-0.05, 0) is 63.5 Å². The Balaban J connectivity index is 2.73. The van der Waals surface area contributed by atoms with E-state index in [4.69, 9.17) is 4.74 Å². The second-order valence-corrected chi connectivity index (χ2v) is 6.85. The third-order valence-electron chi connectivity index (χ3n) is 4.21. The first-order valence-corrected chi connectivity index (χ1v) is 8.38. The van der Waals surface area contributed by atoms with E-state index in [1.165, 1.54) is 30.4 Å². The topological polar surface area (TPSA) is 9.23 Å². The largest absolute Gasteiger partial charge is 0.501 e. The van der Waals surface area contributed by atoms with Crippen LogP contribution >= 0.6 is 0 Å². The lowest BCUT2D eigenvalue weighted by Crippen LogP contribution is -2.19. The van der Waals surface area contributed by atoms with Crippen LogP contribution in [0.3, 0.4) is 0 Å². The van der Waals surface area contributed by atoms with Crippen molar-refractivity contribution in [3.8, 4) is 0 Å². The minimum Gasteiger partial charge on any atom is -0.501 e. The van der Waals surface area contributed by atoms with E-state index in [-0.39, 0.29) is 0 Å². The highest BCUT2D eigenvalue weighted by Gasteiger charge is 2.26. The van der Waals surface area contributed by atoms with Crippen molar-refractivity contribution in [2.24, 2.45) is 5.41 Å². The van der Waals surface area contributed by atoms with Gasteiger partial charge in [-0.3, -0.25) is 0 Å². The van der Waals surface area contributed by atoms with Crippen molar-refractivity contribution in [3.05, 3.63) is 58.9 Å². The van der Waals surface area contributed by atoms with E-state index in [0.717, 1.165) is 5.57 Å². The Bertz CT molecular complexity index is 510. The molecule has 0 fully saturated rings. The van der Waals surface area contributed by atoms with Gasteiger partial charge in [-0.25, -0.2) is 0 Å². The van der Waals surface area contributed by atoms with Crippen LogP contribution in [0.1, 0.15) is 60.8 Å². The van der Waals surface area contributed by atoms with Crippen LogP contribution in [0.15, 0.2) is 58.9 Å². The summed E-state index contributed by atoms with van der Waals surface area (Å²) in [6.45, 7) is 13.9. The lowest BCUT2D eigenvalue weighted by atomic mass is 9.72. The molecule has 122 valence electrons. The molecule has 0 heterocycles. The molecule has 0 saturated carbocycles. The Morgan fingerprint density at radius 2 is 1.91 bits per heavy atom. The van der Waals surface area contributed by atoms with Gasteiger partial charge < -0.3 is 4.74 Å². The summed E-state index contributed by atoms with van der Waals surface area (Å²) in [5, 5.41) is 0. The summed E-state index contributed by atoms with van der Waals surface area (Å²) in [6.07, 6.45) is 16.5. The molecule has 0 unspecified atom stereocenters. The van der Waals surface area contributed by atoms with Crippen molar-refractivity contribution in [3.63, 3.8) is 0 Å². The predicted octanol–water partition coefficient (Wildman–Crippen LogP) is 6.51. The second kappa shape index (κ2) is 8.82. The maximum atomic E-state index is 5.26. The summed E-state index contributed by atoms with van der Waals surface area (Å²) in [5.41, 5.74) is 5.77. The molecular formula is C21H32O. The molecule has 0 aromatic heterocycles. The second-order valence-electron chi connectivity index (χ2n) is 6.85. The lowest BCUT2D eigenvalue weighted by molar-refractivity contribution is 0.267. The summed E-state index contributed by atoms with van der Waals surface area (Å²) < 4.78 is 5.26. The number of ether oxygens (including phenoxy) is 1. The van der Waals surface area contributed by atoms with Crippen LogP contribution in [0.2, 0.25) is 0 Å². The molecule has 1 aliphatic rings. The number of hydrogen-bond acceptors (Lipinski definition) is 1. The summed E-state index contributed by atoms with van der Waals surface area (Å²) in [6, 6.07) is 0. The number of rotatable bonds is 6. The predicted molar refractivity (Wildman–Crippen MR) is 97.8 cm³/mol. The van der Waals surface area contributed by atoms with Gasteiger partial charge in [-0.2, -0.15) is 0 Å². The Morgan fingerprint density at radius 1 is 1.18 bits per heavy atom. The first-order chi connectivity index (χ1) is 10.4. The Labute approximate surface area is 137 Å². The van der Waals surface area contributed by atoms with Crippen LogP contribution in [-0.2, 0) is 4.74 Å².